The minimum atomic E-state index is 0.801. The van der Waals surface area contributed by atoms with E-state index in [1.54, 1.807) is 11.8 Å². The van der Waals surface area contributed by atoms with Gasteiger partial charge in [0, 0.05) is 18.0 Å². The fourth-order valence-corrected chi connectivity index (χ4v) is 2.51. The molecule has 72 valence electrons. The zero-order valence-corrected chi connectivity index (χ0v) is 8.97. The Morgan fingerprint density at radius 2 is 2.07 bits per heavy atom. The van der Waals surface area contributed by atoms with Crippen LogP contribution in [0.3, 0.4) is 0 Å². The quantitative estimate of drug-likeness (QED) is 0.555. The highest BCUT2D eigenvalue weighted by atomic mass is 32.2. The highest BCUT2D eigenvalue weighted by Crippen LogP contribution is 2.29. The second-order valence-electron chi connectivity index (χ2n) is 3.12. The highest BCUT2D eigenvalue weighted by molar-refractivity contribution is 7.98. The van der Waals surface area contributed by atoms with Crippen LogP contribution < -0.4 is 0 Å². The van der Waals surface area contributed by atoms with Crippen LogP contribution in [0.15, 0.2) is 29.3 Å². The molecule has 0 unspecified atom stereocenters. The van der Waals surface area contributed by atoms with E-state index in [9.17, 15) is 4.79 Å². The zero-order valence-electron chi connectivity index (χ0n) is 8.15. The summed E-state index contributed by atoms with van der Waals surface area (Å²) in [5, 5.41) is 2.07. The first-order valence-electron chi connectivity index (χ1n) is 4.36. The molecule has 2 nitrogen and oxygen atoms in total. The number of aldehydes is 1. The van der Waals surface area contributed by atoms with E-state index in [0.29, 0.717) is 0 Å². The maximum Gasteiger partial charge on any atom is 0.153 e. The van der Waals surface area contributed by atoms with Gasteiger partial charge in [-0.15, -0.1) is 11.8 Å². The van der Waals surface area contributed by atoms with Crippen LogP contribution in [-0.4, -0.2) is 17.1 Å². The lowest BCUT2D eigenvalue weighted by Gasteiger charge is -1.99. The number of carbonyl (C=O) groups is 1. The molecule has 1 heterocycles. The molecule has 0 fully saturated rings. The number of thioether (sulfide) groups is 1. The fraction of sp³-hybridized carbons (Fsp3) is 0.182. The predicted octanol–water partition coefficient (Wildman–Crippen LogP) is 2.71. The minimum absolute atomic E-state index is 0.801. The van der Waals surface area contributed by atoms with Crippen molar-refractivity contribution >= 4 is 29.0 Å². The van der Waals surface area contributed by atoms with Crippen molar-refractivity contribution in [2.24, 2.45) is 7.05 Å². The van der Waals surface area contributed by atoms with Gasteiger partial charge in [0.25, 0.3) is 0 Å². The third-order valence-corrected chi connectivity index (χ3v) is 3.28. The molecule has 0 aliphatic carbocycles. The lowest BCUT2D eigenvalue weighted by molar-refractivity contribution is 0.112. The van der Waals surface area contributed by atoms with Crippen molar-refractivity contribution < 1.29 is 4.79 Å². The summed E-state index contributed by atoms with van der Waals surface area (Å²) in [4.78, 5) is 11.0. The van der Waals surface area contributed by atoms with E-state index in [1.807, 2.05) is 37.6 Å². The van der Waals surface area contributed by atoms with Gasteiger partial charge in [-0.2, -0.15) is 0 Å². The summed E-state index contributed by atoms with van der Waals surface area (Å²) in [7, 11) is 1.99. The number of carbonyl (C=O) groups excluding carboxylic acids is 1. The second-order valence-corrected chi connectivity index (χ2v) is 3.91. The van der Waals surface area contributed by atoms with Crippen LogP contribution in [0.2, 0.25) is 0 Å². The number of para-hydroxylation sites is 1. The smallest absolute Gasteiger partial charge is 0.153 e. The van der Waals surface area contributed by atoms with E-state index in [4.69, 9.17) is 0 Å². The number of hydrogen-bond donors (Lipinski definition) is 0. The second kappa shape index (κ2) is 3.50. The molecule has 0 radical (unpaired) electrons. The SMILES string of the molecule is CSc1c(C=O)c2ccccc2n1C. The van der Waals surface area contributed by atoms with Gasteiger partial charge in [0.1, 0.15) is 0 Å². The van der Waals surface area contributed by atoms with Crippen LogP contribution in [0.1, 0.15) is 10.4 Å². The number of nitrogens with zero attached hydrogens (tertiary/aromatic N) is 1. The lowest BCUT2D eigenvalue weighted by atomic mass is 10.2. The number of aromatic nitrogens is 1. The Morgan fingerprint density at radius 3 is 2.71 bits per heavy atom. The van der Waals surface area contributed by atoms with Crippen LogP contribution in [0.4, 0.5) is 0 Å². The first-order chi connectivity index (χ1) is 6.79. The number of hydrogen-bond acceptors (Lipinski definition) is 2. The van der Waals surface area contributed by atoms with E-state index in [1.165, 1.54) is 0 Å². The van der Waals surface area contributed by atoms with Gasteiger partial charge in [-0.3, -0.25) is 4.79 Å². The van der Waals surface area contributed by atoms with Gasteiger partial charge < -0.3 is 4.57 Å². The molecule has 1 aromatic heterocycles. The minimum Gasteiger partial charge on any atom is -0.338 e. The highest BCUT2D eigenvalue weighted by Gasteiger charge is 2.12. The van der Waals surface area contributed by atoms with Gasteiger partial charge in [-0.1, -0.05) is 18.2 Å². The molecule has 0 N–H and O–H groups in total. The van der Waals surface area contributed by atoms with Crippen molar-refractivity contribution in [1.82, 2.24) is 4.57 Å². The molecule has 0 aliphatic heterocycles. The standard InChI is InChI=1S/C11H11NOS/c1-12-10-6-4-3-5-8(10)9(7-13)11(12)14-2/h3-7H,1-2H3. The Bertz CT molecular complexity index is 487. The van der Waals surface area contributed by atoms with E-state index < -0.39 is 0 Å². The first-order valence-corrected chi connectivity index (χ1v) is 5.58. The molecule has 0 saturated carbocycles. The molecule has 0 amide bonds. The Labute approximate surface area is 86.9 Å². The lowest BCUT2D eigenvalue weighted by Crippen LogP contribution is -1.89. The van der Waals surface area contributed by atoms with E-state index in [2.05, 4.69) is 4.57 Å². The number of rotatable bonds is 2. The molecule has 0 spiro atoms. The molecule has 3 heteroatoms. The summed E-state index contributed by atoms with van der Waals surface area (Å²) >= 11 is 1.60. The molecule has 2 aromatic rings. The topological polar surface area (TPSA) is 22.0 Å². The third-order valence-electron chi connectivity index (χ3n) is 2.40. The van der Waals surface area contributed by atoms with Gasteiger partial charge in [-0.05, 0) is 12.3 Å². The maximum atomic E-state index is 11.0. The van der Waals surface area contributed by atoms with Crippen LogP contribution in [0.25, 0.3) is 10.9 Å². The normalized spacial score (nSPS) is 10.7. The van der Waals surface area contributed by atoms with Crippen molar-refractivity contribution in [3.05, 3.63) is 29.8 Å². The molecule has 0 saturated heterocycles. The largest absolute Gasteiger partial charge is 0.338 e. The number of aryl methyl sites for hydroxylation is 1. The molecule has 1 aromatic carbocycles. The summed E-state index contributed by atoms with van der Waals surface area (Å²) in [6, 6.07) is 7.96. The molecule has 14 heavy (non-hydrogen) atoms. The Balaban J connectivity index is 2.91. The van der Waals surface area contributed by atoms with E-state index >= 15 is 0 Å². The molecule has 0 atom stereocenters. The summed E-state index contributed by atoms with van der Waals surface area (Å²) in [5.74, 6) is 0. The molecule has 0 aliphatic rings. The number of fused-ring (bicyclic) bond motifs is 1. The monoisotopic (exact) mass is 205 g/mol. The zero-order chi connectivity index (χ0) is 10.1. The molecule has 2 rings (SSSR count). The van der Waals surface area contributed by atoms with Crippen LogP contribution in [0.5, 0.6) is 0 Å². The summed E-state index contributed by atoms with van der Waals surface area (Å²) in [5.41, 5.74) is 1.91. The van der Waals surface area contributed by atoms with Gasteiger partial charge in [0.05, 0.1) is 10.6 Å². The summed E-state index contributed by atoms with van der Waals surface area (Å²) in [6.07, 6.45) is 2.93. The third kappa shape index (κ3) is 1.16. The van der Waals surface area contributed by atoms with Gasteiger partial charge in [-0.25, -0.2) is 0 Å². The van der Waals surface area contributed by atoms with E-state index in [0.717, 1.165) is 27.8 Å². The van der Waals surface area contributed by atoms with Crippen LogP contribution in [0, 0.1) is 0 Å². The molecular weight excluding hydrogens is 194 g/mol. The van der Waals surface area contributed by atoms with Crippen molar-refractivity contribution in [2.75, 3.05) is 6.26 Å². The fourth-order valence-electron chi connectivity index (χ4n) is 1.76. The number of benzene rings is 1. The predicted molar refractivity (Wildman–Crippen MR) is 60.1 cm³/mol. The molecule has 0 bridgehead atoms. The molecular formula is C11H11NOS. The average Bonchev–Trinajstić information content (AvgIpc) is 2.51. The van der Waals surface area contributed by atoms with E-state index in [-0.39, 0.29) is 0 Å². The first kappa shape index (κ1) is 9.34. The van der Waals surface area contributed by atoms with Crippen molar-refractivity contribution in [3.8, 4) is 0 Å². The Morgan fingerprint density at radius 1 is 1.36 bits per heavy atom. The van der Waals surface area contributed by atoms with Crippen LogP contribution in [-0.2, 0) is 7.05 Å². The summed E-state index contributed by atoms with van der Waals surface area (Å²) in [6.45, 7) is 0. The van der Waals surface area contributed by atoms with Gasteiger partial charge in [0.15, 0.2) is 6.29 Å². The van der Waals surface area contributed by atoms with Crippen molar-refractivity contribution in [1.29, 1.82) is 0 Å². The van der Waals surface area contributed by atoms with Gasteiger partial charge in [0.2, 0.25) is 0 Å². The van der Waals surface area contributed by atoms with Crippen molar-refractivity contribution in [2.45, 2.75) is 5.03 Å². The Hall–Kier alpha value is -1.22. The van der Waals surface area contributed by atoms with Crippen LogP contribution >= 0.6 is 11.8 Å². The maximum absolute atomic E-state index is 11.0. The van der Waals surface area contributed by atoms with Crippen molar-refractivity contribution in [3.63, 3.8) is 0 Å². The average molecular weight is 205 g/mol. The van der Waals surface area contributed by atoms with Gasteiger partial charge >= 0.3 is 0 Å². The summed E-state index contributed by atoms with van der Waals surface area (Å²) < 4.78 is 2.06. The Kier molecular flexibility index (Phi) is 2.33.